The molecule has 0 bridgehead atoms. The molecule has 2 atom stereocenters. The van der Waals surface area contributed by atoms with Crippen molar-refractivity contribution < 1.29 is 14.4 Å². The predicted molar refractivity (Wildman–Crippen MR) is 199 cm³/mol. The van der Waals surface area contributed by atoms with Gasteiger partial charge in [-0.15, -0.1) is 0 Å². The number of hydrogen-bond acceptors (Lipinski definition) is 6. The lowest BCUT2D eigenvalue weighted by atomic mass is 9.79. The zero-order valence-corrected chi connectivity index (χ0v) is 29.7. The smallest absolute Gasteiger partial charge is 0.318 e. The van der Waals surface area contributed by atoms with E-state index >= 15 is 0 Å². The van der Waals surface area contributed by atoms with E-state index in [1.165, 1.54) is 18.4 Å². The molecule has 2 unspecified atom stereocenters. The number of para-hydroxylation sites is 1. The van der Waals surface area contributed by atoms with Gasteiger partial charge in [0.25, 0.3) is 0 Å². The highest BCUT2D eigenvalue weighted by molar-refractivity contribution is 5.94. The standard InChI is InChI=1S/C40H55N7O3/c1-27-24-29(25-35-37(27)43-19-18-42-35)26-36(39(49)46-22-14-31(15-23-46)30-10-16-41-17-11-30)45-40(50)47-20-12-28(13-21-47)6-7-33-9-8-32-4-2-3-5-34(32)44-38(33)48/h2-5,18,24-25,28,30-31,33,36,41,43H,6-17,19-23,26H2,1H3,(H,44,48)(H,45,50). The number of hydrogen-bond donors (Lipinski definition) is 4. The van der Waals surface area contributed by atoms with Gasteiger partial charge in [0.1, 0.15) is 6.04 Å². The third-order valence-corrected chi connectivity index (χ3v) is 12.1. The van der Waals surface area contributed by atoms with Crippen molar-refractivity contribution in [3.63, 3.8) is 0 Å². The van der Waals surface area contributed by atoms with Crippen molar-refractivity contribution in [2.24, 2.45) is 28.7 Å². The molecule has 2 aromatic carbocycles. The first-order chi connectivity index (χ1) is 24.4. The minimum absolute atomic E-state index is 0.0222. The first-order valence-corrected chi connectivity index (χ1v) is 19.2. The van der Waals surface area contributed by atoms with Crippen LogP contribution in [0, 0.1) is 30.6 Å². The maximum atomic E-state index is 14.2. The average molecular weight is 682 g/mol. The largest absolute Gasteiger partial charge is 0.378 e. The summed E-state index contributed by atoms with van der Waals surface area (Å²) in [5, 5.41) is 13.2. The molecular formula is C40H55N7O3. The molecule has 10 nitrogen and oxygen atoms in total. The van der Waals surface area contributed by atoms with E-state index in [1.807, 2.05) is 34.2 Å². The molecule has 4 N–H and O–H groups in total. The lowest BCUT2D eigenvalue weighted by molar-refractivity contribution is -0.135. The third kappa shape index (κ3) is 8.17. The SMILES string of the molecule is Cc1cc(CC(NC(=O)N2CCC(CCC3CCc4ccccc4NC3=O)CC2)C(=O)N2CCC(C3CCNCC3)CC2)cc2c1NCC=N2. The Morgan fingerprint density at radius 1 is 0.920 bits per heavy atom. The summed E-state index contributed by atoms with van der Waals surface area (Å²) in [5.41, 5.74) is 6.20. The van der Waals surface area contributed by atoms with Crippen molar-refractivity contribution >= 4 is 41.1 Å². The van der Waals surface area contributed by atoms with Gasteiger partial charge in [0.05, 0.1) is 17.9 Å². The summed E-state index contributed by atoms with van der Waals surface area (Å²) in [4.78, 5) is 49.5. The van der Waals surface area contributed by atoms with Gasteiger partial charge in [0.15, 0.2) is 0 Å². The van der Waals surface area contributed by atoms with Gasteiger partial charge in [-0.2, -0.15) is 0 Å². The molecule has 0 radical (unpaired) electrons. The zero-order valence-electron chi connectivity index (χ0n) is 29.7. The minimum Gasteiger partial charge on any atom is -0.378 e. The van der Waals surface area contributed by atoms with Crippen LogP contribution in [-0.2, 0) is 22.4 Å². The zero-order chi connectivity index (χ0) is 34.5. The fourth-order valence-electron chi connectivity index (χ4n) is 9.08. The number of carbonyl (C=O) groups is 3. The summed E-state index contributed by atoms with van der Waals surface area (Å²) in [6.07, 6.45) is 12.3. The van der Waals surface area contributed by atoms with Crippen LogP contribution >= 0.6 is 0 Å². The number of aliphatic imine (C=N–C) groups is 1. The average Bonchev–Trinajstić information content (AvgIpc) is 3.31. The molecule has 3 fully saturated rings. The van der Waals surface area contributed by atoms with E-state index in [9.17, 15) is 14.4 Å². The molecule has 5 aliphatic rings. The second kappa shape index (κ2) is 16.0. The molecule has 7 rings (SSSR count). The second-order valence-electron chi connectivity index (χ2n) is 15.3. The van der Waals surface area contributed by atoms with Gasteiger partial charge in [0.2, 0.25) is 11.8 Å². The summed E-state index contributed by atoms with van der Waals surface area (Å²) in [5.74, 6) is 2.10. The molecule has 268 valence electrons. The van der Waals surface area contributed by atoms with E-state index in [4.69, 9.17) is 0 Å². The number of rotatable bonds is 8. The summed E-state index contributed by atoms with van der Waals surface area (Å²) in [6.45, 7) is 7.83. The van der Waals surface area contributed by atoms with E-state index in [-0.39, 0.29) is 23.8 Å². The molecule has 5 heterocycles. The van der Waals surface area contributed by atoms with Crippen molar-refractivity contribution in [2.45, 2.75) is 83.6 Å². The Balaban J connectivity index is 0.953. The van der Waals surface area contributed by atoms with Crippen molar-refractivity contribution in [3.05, 3.63) is 53.1 Å². The molecule has 5 aliphatic heterocycles. The van der Waals surface area contributed by atoms with Crippen LogP contribution in [0.4, 0.5) is 21.9 Å². The summed E-state index contributed by atoms with van der Waals surface area (Å²) >= 11 is 0. The summed E-state index contributed by atoms with van der Waals surface area (Å²) < 4.78 is 0. The number of nitrogens with zero attached hydrogens (tertiary/aromatic N) is 3. The molecule has 3 saturated heterocycles. The Labute approximate surface area is 297 Å². The Bertz CT molecular complexity index is 1550. The van der Waals surface area contributed by atoms with Crippen LogP contribution in [0.25, 0.3) is 0 Å². The van der Waals surface area contributed by atoms with E-state index in [0.29, 0.717) is 37.9 Å². The van der Waals surface area contributed by atoms with Gasteiger partial charge in [-0.1, -0.05) is 24.3 Å². The minimum atomic E-state index is -0.633. The number of aryl methyl sites for hydroxylation is 2. The van der Waals surface area contributed by atoms with Crippen LogP contribution in [0.15, 0.2) is 41.4 Å². The molecule has 10 heteroatoms. The summed E-state index contributed by atoms with van der Waals surface area (Å²) in [6, 6.07) is 11.5. The fraction of sp³-hybridized carbons (Fsp3) is 0.600. The molecule has 50 heavy (non-hydrogen) atoms. The number of piperidine rings is 3. The highest BCUT2D eigenvalue weighted by Crippen LogP contribution is 2.34. The maximum absolute atomic E-state index is 14.2. The number of likely N-dealkylation sites (tertiary alicyclic amines) is 2. The highest BCUT2D eigenvalue weighted by Gasteiger charge is 2.34. The Morgan fingerprint density at radius 3 is 2.46 bits per heavy atom. The quantitative estimate of drug-likeness (QED) is 0.286. The molecule has 2 aromatic rings. The predicted octanol–water partition coefficient (Wildman–Crippen LogP) is 5.68. The first-order valence-electron chi connectivity index (χ1n) is 19.2. The van der Waals surface area contributed by atoms with Crippen molar-refractivity contribution in [1.82, 2.24) is 20.4 Å². The molecule has 0 aliphatic carbocycles. The Hall–Kier alpha value is -3.92. The van der Waals surface area contributed by atoms with Crippen LogP contribution in [0.1, 0.15) is 74.5 Å². The highest BCUT2D eigenvalue weighted by atomic mass is 16.2. The van der Waals surface area contributed by atoms with Gasteiger partial charge in [0, 0.05) is 50.4 Å². The van der Waals surface area contributed by atoms with E-state index in [0.717, 1.165) is 112 Å². The molecule has 0 saturated carbocycles. The number of benzene rings is 2. The normalized spacial score (nSPS) is 22.5. The first kappa shape index (κ1) is 34.5. The van der Waals surface area contributed by atoms with Gasteiger partial charge in [-0.25, -0.2) is 4.79 Å². The van der Waals surface area contributed by atoms with Crippen LogP contribution < -0.4 is 21.3 Å². The topological polar surface area (TPSA) is 118 Å². The monoisotopic (exact) mass is 681 g/mol. The number of nitrogens with one attached hydrogen (secondary N) is 4. The van der Waals surface area contributed by atoms with Crippen molar-refractivity contribution in [1.29, 1.82) is 0 Å². The Morgan fingerprint density at radius 2 is 1.66 bits per heavy atom. The lowest BCUT2D eigenvalue weighted by Gasteiger charge is -2.39. The summed E-state index contributed by atoms with van der Waals surface area (Å²) in [7, 11) is 0. The van der Waals surface area contributed by atoms with Crippen molar-refractivity contribution in [2.75, 3.05) is 56.4 Å². The molecular weight excluding hydrogens is 626 g/mol. The van der Waals surface area contributed by atoms with Crippen LogP contribution in [0.2, 0.25) is 0 Å². The lowest BCUT2D eigenvalue weighted by Crippen LogP contribution is -2.55. The van der Waals surface area contributed by atoms with Gasteiger partial charge in [-0.05, 0) is 131 Å². The maximum Gasteiger partial charge on any atom is 0.318 e. The second-order valence-corrected chi connectivity index (χ2v) is 15.3. The van der Waals surface area contributed by atoms with Crippen LogP contribution in [0.3, 0.4) is 0 Å². The number of fused-ring (bicyclic) bond motifs is 2. The number of urea groups is 1. The van der Waals surface area contributed by atoms with Crippen LogP contribution in [-0.4, -0.2) is 85.7 Å². The van der Waals surface area contributed by atoms with Crippen molar-refractivity contribution in [3.8, 4) is 0 Å². The fourth-order valence-corrected chi connectivity index (χ4v) is 9.08. The molecule has 0 spiro atoms. The van der Waals surface area contributed by atoms with E-state index in [1.54, 1.807) is 0 Å². The van der Waals surface area contributed by atoms with E-state index in [2.05, 4.69) is 51.4 Å². The van der Waals surface area contributed by atoms with Gasteiger partial charge in [-0.3, -0.25) is 14.6 Å². The molecule has 4 amide bonds. The van der Waals surface area contributed by atoms with Gasteiger partial charge < -0.3 is 31.1 Å². The van der Waals surface area contributed by atoms with E-state index < -0.39 is 6.04 Å². The number of carbonyl (C=O) groups excluding carboxylic acids is 3. The number of amides is 4. The third-order valence-electron chi connectivity index (χ3n) is 12.1. The Kier molecular flexibility index (Phi) is 11.0. The molecule has 0 aromatic heterocycles. The van der Waals surface area contributed by atoms with Crippen LogP contribution in [0.5, 0.6) is 0 Å². The van der Waals surface area contributed by atoms with Gasteiger partial charge >= 0.3 is 6.03 Å². The number of anilines is 2.